The smallest absolute Gasteiger partial charge is 0.0962 e. The summed E-state index contributed by atoms with van der Waals surface area (Å²) in [6.45, 7) is 4.86. The second-order valence-corrected chi connectivity index (χ2v) is 6.33. The van der Waals surface area contributed by atoms with E-state index < -0.39 is 6.10 Å². The van der Waals surface area contributed by atoms with Gasteiger partial charge in [-0.1, -0.05) is 38.1 Å². The van der Waals surface area contributed by atoms with E-state index in [2.05, 4.69) is 49.7 Å². The zero-order valence-electron chi connectivity index (χ0n) is 12.8. The summed E-state index contributed by atoms with van der Waals surface area (Å²) in [5.74, 6) is 0.518. The minimum atomic E-state index is -0.494. The Labute approximate surface area is 131 Å². The average Bonchev–Trinajstić information content (AvgIpc) is 2.53. The molecule has 2 N–H and O–H groups in total. The molecule has 112 valence electrons. The first kappa shape index (κ1) is 15.9. The van der Waals surface area contributed by atoms with Crippen LogP contribution >= 0.6 is 11.8 Å². The normalized spacial score (nSPS) is 12.4. The van der Waals surface area contributed by atoms with Gasteiger partial charge < -0.3 is 10.4 Å². The third-order valence-corrected chi connectivity index (χ3v) is 4.32. The van der Waals surface area contributed by atoms with Gasteiger partial charge in [0, 0.05) is 17.1 Å². The van der Waals surface area contributed by atoms with Crippen molar-refractivity contribution in [3.05, 3.63) is 59.7 Å². The standard InChI is InChI=1S/C18H23NOS/c1-13(2)14-4-6-15(7-5-14)18(20)12-19-16-8-10-17(21-3)11-9-16/h4-11,13,18-20H,12H2,1-3H3. The molecule has 0 saturated carbocycles. The number of benzene rings is 2. The number of thioether (sulfide) groups is 1. The van der Waals surface area contributed by atoms with E-state index in [-0.39, 0.29) is 0 Å². The van der Waals surface area contributed by atoms with Gasteiger partial charge in [0.1, 0.15) is 0 Å². The van der Waals surface area contributed by atoms with Crippen molar-refractivity contribution >= 4 is 17.4 Å². The van der Waals surface area contributed by atoms with Crippen LogP contribution in [0.5, 0.6) is 0 Å². The number of hydrogen-bond acceptors (Lipinski definition) is 3. The molecule has 0 amide bonds. The van der Waals surface area contributed by atoms with Crippen LogP contribution in [0.4, 0.5) is 5.69 Å². The fourth-order valence-corrected chi connectivity index (χ4v) is 2.55. The molecular weight excluding hydrogens is 278 g/mol. The highest BCUT2D eigenvalue weighted by Gasteiger charge is 2.08. The summed E-state index contributed by atoms with van der Waals surface area (Å²) in [7, 11) is 0. The lowest BCUT2D eigenvalue weighted by Crippen LogP contribution is -2.12. The SMILES string of the molecule is CSc1ccc(NCC(O)c2ccc(C(C)C)cc2)cc1. The molecule has 2 aromatic rings. The molecule has 0 radical (unpaired) electrons. The molecule has 2 nitrogen and oxygen atoms in total. The van der Waals surface area contributed by atoms with E-state index in [4.69, 9.17) is 0 Å². The van der Waals surface area contributed by atoms with Crippen molar-refractivity contribution in [2.45, 2.75) is 30.8 Å². The highest BCUT2D eigenvalue weighted by molar-refractivity contribution is 7.98. The van der Waals surface area contributed by atoms with E-state index in [9.17, 15) is 5.11 Å². The van der Waals surface area contributed by atoms with Crippen LogP contribution in [0.2, 0.25) is 0 Å². The third-order valence-electron chi connectivity index (χ3n) is 3.58. The molecule has 1 unspecified atom stereocenters. The predicted octanol–water partition coefficient (Wildman–Crippen LogP) is 4.68. The second kappa shape index (κ2) is 7.53. The first-order valence-electron chi connectivity index (χ1n) is 7.26. The molecule has 2 aromatic carbocycles. The monoisotopic (exact) mass is 301 g/mol. The number of aliphatic hydroxyl groups excluding tert-OH is 1. The summed E-state index contributed by atoms with van der Waals surface area (Å²) >= 11 is 1.73. The minimum Gasteiger partial charge on any atom is -0.387 e. The molecular formula is C18H23NOS. The van der Waals surface area contributed by atoms with Gasteiger partial charge in [-0.2, -0.15) is 0 Å². The maximum Gasteiger partial charge on any atom is 0.0962 e. The van der Waals surface area contributed by atoms with Crippen molar-refractivity contribution < 1.29 is 5.11 Å². The fourth-order valence-electron chi connectivity index (χ4n) is 2.14. The van der Waals surface area contributed by atoms with Crippen molar-refractivity contribution in [3.63, 3.8) is 0 Å². The van der Waals surface area contributed by atoms with E-state index in [0.29, 0.717) is 12.5 Å². The molecule has 0 fully saturated rings. The Kier molecular flexibility index (Phi) is 5.71. The molecule has 1 atom stereocenters. The van der Waals surface area contributed by atoms with E-state index in [1.807, 2.05) is 24.3 Å². The molecule has 2 rings (SSSR count). The molecule has 3 heteroatoms. The van der Waals surface area contributed by atoms with Gasteiger partial charge in [-0.3, -0.25) is 0 Å². The Bertz CT molecular complexity index is 548. The molecule has 0 spiro atoms. The van der Waals surface area contributed by atoms with Gasteiger partial charge in [-0.05, 0) is 47.6 Å². The lowest BCUT2D eigenvalue weighted by molar-refractivity contribution is 0.191. The Morgan fingerprint density at radius 1 is 0.952 bits per heavy atom. The van der Waals surface area contributed by atoms with Crippen LogP contribution in [0.3, 0.4) is 0 Å². The predicted molar refractivity (Wildman–Crippen MR) is 92.2 cm³/mol. The molecule has 0 aliphatic rings. The van der Waals surface area contributed by atoms with Gasteiger partial charge in [0.15, 0.2) is 0 Å². The van der Waals surface area contributed by atoms with E-state index in [1.165, 1.54) is 10.5 Å². The Balaban J connectivity index is 1.92. The van der Waals surface area contributed by atoms with Crippen LogP contribution in [0.15, 0.2) is 53.4 Å². The zero-order valence-corrected chi connectivity index (χ0v) is 13.7. The molecule has 0 bridgehead atoms. The lowest BCUT2D eigenvalue weighted by atomic mass is 10.00. The minimum absolute atomic E-state index is 0.494. The first-order chi connectivity index (χ1) is 10.1. The van der Waals surface area contributed by atoms with Gasteiger partial charge in [0.25, 0.3) is 0 Å². The summed E-state index contributed by atoms with van der Waals surface area (Å²) < 4.78 is 0. The number of aliphatic hydroxyl groups is 1. The number of nitrogens with one attached hydrogen (secondary N) is 1. The van der Waals surface area contributed by atoms with Crippen molar-refractivity contribution in [2.24, 2.45) is 0 Å². The summed E-state index contributed by atoms with van der Waals surface area (Å²) in [4.78, 5) is 1.24. The van der Waals surface area contributed by atoms with Gasteiger partial charge >= 0.3 is 0 Å². The van der Waals surface area contributed by atoms with Gasteiger partial charge in [-0.25, -0.2) is 0 Å². The van der Waals surface area contributed by atoms with Crippen LogP contribution in [0, 0.1) is 0 Å². The topological polar surface area (TPSA) is 32.3 Å². The molecule has 21 heavy (non-hydrogen) atoms. The summed E-state index contributed by atoms with van der Waals surface area (Å²) in [5, 5.41) is 13.5. The van der Waals surface area contributed by atoms with E-state index in [0.717, 1.165) is 11.3 Å². The Morgan fingerprint density at radius 3 is 2.05 bits per heavy atom. The fraction of sp³-hybridized carbons (Fsp3) is 0.333. The zero-order chi connectivity index (χ0) is 15.2. The van der Waals surface area contributed by atoms with Gasteiger partial charge in [-0.15, -0.1) is 11.8 Å². The summed E-state index contributed by atoms with van der Waals surface area (Å²) in [6.07, 6.45) is 1.57. The third kappa shape index (κ3) is 4.51. The maximum atomic E-state index is 10.2. The summed E-state index contributed by atoms with van der Waals surface area (Å²) in [6, 6.07) is 16.5. The van der Waals surface area contributed by atoms with Crippen molar-refractivity contribution in [1.29, 1.82) is 0 Å². The number of anilines is 1. The lowest BCUT2D eigenvalue weighted by Gasteiger charge is -2.14. The number of rotatable bonds is 6. The summed E-state index contributed by atoms with van der Waals surface area (Å²) in [5.41, 5.74) is 3.28. The Morgan fingerprint density at radius 2 is 1.52 bits per heavy atom. The van der Waals surface area contributed by atoms with Crippen molar-refractivity contribution in [2.75, 3.05) is 18.1 Å². The highest BCUT2D eigenvalue weighted by Crippen LogP contribution is 2.21. The van der Waals surface area contributed by atoms with Gasteiger partial charge in [0.05, 0.1) is 6.10 Å². The molecule has 0 heterocycles. The van der Waals surface area contributed by atoms with E-state index >= 15 is 0 Å². The number of hydrogen-bond donors (Lipinski definition) is 2. The maximum absolute atomic E-state index is 10.2. The van der Waals surface area contributed by atoms with Crippen LogP contribution in [-0.2, 0) is 0 Å². The van der Waals surface area contributed by atoms with Crippen LogP contribution in [0.25, 0.3) is 0 Å². The van der Waals surface area contributed by atoms with Crippen LogP contribution in [-0.4, -0.2) is 17.9 Å². The highest BCUT2D eigenvalue weighted by atomic mass is 32.2. The van der Waals surface area contributed by atoms with Crippen molar-refractivity contribution in [3.8, 4) is 0 Å². The molecule has 0 saturated heterocycles. The Hall–Kier alpha value is -1.45. The average molecular weight is 301 g/mol. The molecule has 0 aromatic heterocycles. The first-order valence-corrected chi connectivity index (χ1v) is 8.48. The van der Waals surface area contributed by atoms with Crippen molar-refractivity contribution in [1.82, 2.24) is 0 Å². The van der Waals surface area contributed by atoms with E-state index in [1.54, 1.807) is 11.8 Å². The van der Waals surface area contributed by atoms with Crippen LogP contribution in [0.1, 0.15) is 37.0 Å². The quantitative estimate of drug-likeness (QED) is 0.760. The van der Waals surface area contributed by atoms with Crippen LogP contribution < -0.4 is 5.32 Å². The largest absolute Gasteiger partial charge is 0.387 e. The molecule has 0 aliphatic carbocycles. The van der Waals surface area contributed by atoms with Gasteiger partial charge in [0.2, 0.25) is 0 Å². The second-order valence-electron chi connectivity index (χ2n) is 5.45. The molecule has 0 aliphatic heterocycles.